The molecule has 152 valence electrons. The molecule has 5 nitrogen and oxygen atoms in total. The zero-order valence-corrected chi connectivity index (χ0v) is 18.5. The van der Waals surface area contributed by atoms with Crippen LogP contribution >= 0.6 is 11.8 Å². The fourth-order valence-corrected chi connectivity index (χ4v) is 3.88. The number of thioether (sulfide) groups is 1. The van der Waals surface area contributed by atoms with Crippen LogP contribution in [-0.2, 0) is 16.8 Å². The minimum absolute atomic E-state index is 0.0505. The molecule has 1 aromatic heterocycles. The van der Waals surface area contributed by atoms with Gasteiger partial charge in [0, 0.05) is 17.8 Å². The summed E-state index contributed by atoms with van der Waals surface area (Å²) in [5.41, 5.74) is 3.15. The lowest BCUT2D eigenvalue weighted by Gasteiger charge is -2.19. The van der Waals surface area contributed by atoms with E-state index in [1.807, 2.05) is 54.0 Å². The van der Waals surface area contributed by atoms with Crippen LogP contribution in [0.5, 0.6) is 0 Å². The Balaban J connectivity index is 1.69. The second-order valence-corrected chi connectivity index (χ2v) is 9.30. The van der Waals surface area contributed by atoms with E-state index in [-0.39, 0.29) is 16.6 Å². The maximum Gasteiger partial charge on any atom is 0.237 e. The molecule has 0 aliphatic heterocycles. The first-order valence-corrected chi connectivity index (χ1v) is 10.7. The highest BCUT2D eigenvalue weighted by Crippen LogP contribution is 2.28. The van der Waals surface area contributed by atoms with Crippen LogP contribution in [-0.4, -0.2) is 25.9 Å². The summed E-state index contributed by atoms with van der Waals surface area (Å²) in [6, 6.07) is 18.0. The lowest BCUT2D eigenvalue weighted by Crippen LogP contribution is -2.23. The van der Waals surface area contributed by atoms with Gasteiger partial charge in [0.2, 0.25) is 5.91 Å². The van der Waals surface area contributed by atoms with Gasteiger partial charge in [0.1, 0.15) is 0 Å². The Bertz CT molecular complexity index is 959. The summed E-state index contributed by atoms with van der Waals surface area (Å²) >= 11 is 1.42. The first-order valence-electron chi connectivity index (χ1n) is 9.86. The van der Waals surface area contributed by atoms with Gasteiger partial charge < -0.3 is 9.88 Å². The highest BCUT2D eigenvalue weighted by molar-refractivity contribution is 8.00. The Morgan fingerprint density at radius 3 is 2.31 bits per heavy atom. The quantitative estimate of drug-likeness (QED) is 0.556. The van der Waals surface area contributed by atoms with Gasteiger partial charge in [0.05, 0.1) is 5.25 Å². The molecule has 0 spiro atoms. The molecule has 0 radical (unpaired) electrons. The van der Waals surface area contributed by atoms with Gasteiger partial charge in [-0.25, -0.2) is 0 Å². The van der Waals surface area contributed by atoms with E-state index in [2.05, 4.69) is 55.3 Å². The number of nitrogens with zero attached hydrogens (tertiary/aromatic N) is 3. The van der Waals surface area contributed by atoms with Gasteiger partial charge >= 0.3 is 0 Å². The Kier molecular flexibility index (Phi) is 6.42. The molecule has 0 saturated heterocycles. The number of anilines is 1. The Morgan fingerprint density at radius 2 is 1.72 bits per heavy atom. The number of carbonyl (C=O) groups excluding carboxylic acids is 1. The topological polar surface area (TPSA) is 59.8 Å². The highest BCUT2D eigenvalue weighted by atomic mass is 32.2. The van der Waals surface area contributed by atoms with Crippen molar-refractivity contribution in [1.29, 1.82) is 0 Å². The lowest BCUT2D eigenvalue weighted by molar-refractivity contribution is -0.115. The molecule has 29 heavy (non-hydrogen) atoms. The molecule has 1 amide bonds. The number of hydrogen-bond donors (Lipinski definition) is 1. The molecule has 3 aromatic rings. The van der Waals surface area contributed by atoms with Crippen molar-refractivity contribution in [1.82, 2.24) is 14.8 Å². The van der Waals surface area contributed by atoms with E-state index in [0.717, 1.165) is 28.8 Å². The van der Waals surface area contributed by atoms with Crippen LogP contribution in [0.2, 0.25) is 0 Å². The molecule has 2 aromatic carbocycles. The summed E-state index contributed by atoms with van der Waals surface area (Å²) in [7, 11) is 0. The van der Waals surface area contributed by atoms with Gasteiger partial charge in [-0.15, -0.1) is 10.2 Å². The fourth-order valence-electron chi connectivity index (χ4n) is 2.97. The zero-order valence-electron chi connectivity index (χ0n) is 17.6. The molecule has 1 unspecified atom stereocenters. The third-order valence-corrected chi connectivity index (χ3v) is 5.82. The van der Waals surface area contributed by atoms with E-state index in [4.69, 9.17) is 0 Å². The molecule has 0 fully saturated rings. The predicted octanol–water partition coefficient (Wildman–Crippen LogP) is 5.38. The van der Waals surface area contributed by atoms with Gasteiger partial charge in [-0.1, -0.05) is 75.0 Å². The van der Waals surface area contributed by atoms with E-state index in [0.29, 0.717) is 0 Å². The van der Waals surface area contributed by atoms with E-state index < -0.39 is 0 Å². The third kappa shape index (κ3) is 5.07. The first-order chi connectivity index (χ1) is 13.8. The normalized spacial score (nSPS) is 12.6. The van der Waals surface area contributed by atoms with Crippen LogP contribution in [0.1, 0.15) is 40.2 Å². The van der Waals surface area contributed by atoms with Crippen LogP contribution in [0.3, 0.4) is 0 Å². The smallest absolute Gasteiger partial charge is 0.237 e. The molecule has 1 heterocycles. The van der Waals surface area contributed by atoms with Crippen LogP contribution in [0.4, 0.5) is 5.69 Å². The summed E-state index contributed by atoms with van der Waals surface area (Å²) in [6.45, 7) is 11.2. The molecular weight excluding hydrogens is 380 g/mol. The lowest BCUT2D eigenvalue weighted by atomic mass is 9.87. The second-order valence-electron chi connectivity index (χ2n) is 7.99. The number of nitrogens with one attached hydrogen (secondary N) is 1. The van der Waals surface area contributed by atoms with E-state index in [1.54, 1.807) is 0 Å². The van der Waals surface area contributed by atoms with E-state index in [1.165, 1.54) is 17.3 Å². The zero-order chi connectivity index (χ0) is 21.0. The van der Waals surface area contributed by atoms with Crippen molar-refractivity contribution in [3.63, 3.8) is 0 Å². The summed E-state index contributed by atoms with van der Waals surface area (Å²) in [5, 5.41) is 12.1. The molecule has 6 heteroatoms. The van der Waals surface area contributed by atoms with Crippen LogP contribution < -0.4 is 5.32 Å². The fraction of sp³-hybridized carbons (Fsp3) is 0.348. The van der Waals surface area contributed by atoms with Crippen LogP contribution in [0.25, 0.3) is 11.4 Å². The largest absolute Gasteiger partial charge is 0.325 e. The van der Waals surface area contributed by atoms with Crippen molar-refractivity contribution in [2.75, 3.05) is 5.32 Å². The van der Waals surface area contributed by atoms with Gasteiger partial charge in [0.15, 0.2) is 11.0 Å². The SMILES string of the molecule is CCn1c(SC(C)C(=O)Nc2ccc(C(C)(C)C)cc2)nnc1-c1ccccc1. The summed E-state index contributed by atoms with van der Waals surface area (Å²) in [6.07, 6.45) is 0. The average Bonchev–Trinajstić information content (AvgIpc) is 3.10. The maximum absolute atomic E-state index is 12.7. The summed E-state index contributed by atoms with van der Waals surface area (Å²) < 4.78 is 2.04. The molecule has 0 saturated carbocycles. The van der Waals surface area contributed by atoms with E-state index >= 15 is 0 Å². The van der Waals surface area contributed by atoms with Crippen molar-refractivity contribution in [3.05, 3.63) is 60.2 Å². The molecule has 0 aliphatic carbocycles. The van der Waals surface area contributed by atoms with Gasteiger partial charge in [0.25, 0.3) is 0 Å². The molecule has 3 rings (SSSR count). The third-order valence-electron chi connectivity index (χ3n) is 4.73. The van der Waals surface area contributed by atoms with Crippen molar-refractivity contribution < 1.29 is 4.79 Å². The number of aromatic nitrogens is 3. The van der Waals surface area contributed by atoms with E-state index in [9.17, 15) is 4.79 Å². The molecule has 1 N–H and O–H groups in total. The second kappa shape index (κ2) is 8.82. The van der Waals surface area contributed by atoms with Crippen molar-refractivity contribution in [2.24, 2.45) is 0 Å². The number of carbonyl (C=O) groups is 1. The molecular formula is C23H28N4OS. The molecule has 0 aliphatic rings. The minimum Gasteiger partial charge on any atom is -0.325 e. The monoisotopic (exact) mass is 408 g/mol. The predicted molar refractivity (Wildman–Crippen MR) is 120 cm³/mol. The number of rotatable bonds is 6. The standard InChI is InChI=1S/C23H28N4OS/c1-6-27-20(17-10-8-7-9-11-17)25-26-22(27)29-16(2)21(28)24-19-14-12-18(13-15-19)23(3,4)5/h7-16H,6H2,1-5H3,(H,24,28). The van der Waals surface area contributed by atoms with Gasteiger partial charge in [-0.05, 0) is 37.0 Å². The van der Waals surface area contributed by atoms with Gasteiger partial charge in [-0.2, -0.15) is 0 Å². The maximum atomic E-state index is 12.7. The van der Waals surface area contributed by atoms with Crippen molar-refractivity contribution in [3.8, 4) is 11.4 Å². The number of amides is 1. The highest BCUT2D eigenvalue weighted by Gasteiger charge is 2.21. The number of hydrogen-bond acceptors (Lipinski definition) is 4. The Morgan fingerprint density at radius 1 is 1.07 bits per heavy atom. The van der Waals surface area contributed by atoms with Crippen LogP contribution in [0, 0.1) is 0 Å². The van der Waals surface area contributed by atoms with Crippen LogP contribution in [0.15, 0.2) is 59.8 Å². The summed E-state index contributed by atoms with van der Waals surface area (Å²) in [4.78, 5) is 12.7. The minimum atomic E-state index is -0.296. The summed E-state index contributed by atoms with van der Waals surface area (Å²) in [5.74, 6) is 0.770. The van der Waals surface area contributed by atoms with Crippen molar-refractivity contribution >= 4 is 23.4 Å². The Labute approximate surface area is 176 Å². The molecule has 0 bridgehead atoms. The Hall–Kier alpha value is -2.60. The van der Waals surface area contributed by atoms with Crippen molar-refractivity contribution in [2.45, 2.75) is 57.0 Å². The first kappa shape index (κ1) is 21.1. The van der Waals surface area contributed by atoms with Gasteiger partial charge in [-0.3, -0.25) is 4.79 Å². The number of benzene rings is 2. The molecule has 1 atom stereocenters. The average molecular weight is 409 g/mol.